The van der Waals surface area contributed by atoms with Crippen LogP contribution >= 0.6 is 11.6 Å². The number of hydrogen-bond donors (Lipinski definition) is 3. The van der Waals surface area contributed by atoms with Gasteiger partial charge in [0.15, 0.2) is 0 Å². The van der Waals surface area contributed by atoms with Crippen molar-refractivity contribution in [3.8, 4) is 0 Å². The van der Waals surface area contributed by atoms with E-state index in [0.717, 1.165) is 43.9 Å². The molecule has 4 rings (SSSR count). The molecule has 0 bridgehead atoms. The molecule has 0 atom stereocenters. The maximum atomic E-state index is 9.55. The SMILES string of the molecule is Clc1cc2c3c(c1)c1c(n3CC2)CCNCC1.O=C(O)/C=C\C(=O)O. The molecule has 6 nitrogen and oxygen atoms in total. The van der Waals surface area contributed by atoms with E-state index in [4.69, 9.17) is 21.8 Å². The summed E-state index contributed by atoms with van der Waals surface area (Å²) in [5.41, 5.74) is 5.98. The molecule has 3 heterocycles. The average molecular weight is 363 g/mol. The van der Waals surface area contributed by atoms with Gasteiger partial charge in [-0.05, 0) is 42.6 Å². The zero-order valence-corrected chi connectivity index (χ0v) is 14.3. The summed E-state index contributed by atoms with van der Waals surface area (Å²) < 4.78 is 2.53. The third kappa shape index (κ3) is 3.70. The van der Waals surface area contributed by atoms with Gasteiger partial charge in [0.2, 0.25) is 0 Å². The molecule has 1 aromatic carbocycles. The van der Waals surface area contributed by atoms with E-state index in [9.17, 15) is 9.59 Å². The summed E-state index contributed by atoms with van der Waals surface area (Å²) >= 11 is 6.24. The number of aryl methyl sites for hydroxylation is 2. The van der Waals surface area contributed by atoms with Gasteiger partial charge in [0, 0.05) is 47.8 Å². The Morgan fingerprint density at radius 1 is 1.08 bits per heavy atom. The van der Waals surface area contributed by atoms with E-state index in [1.54, 1.807) is 5.69 Å². The van der Waals surface area contributed by atoms with Crippen molar-refractivity contribution in [3.05, 3.63) is 46.1 Å². The highest BCUT2D eigenvalue weighted by atomic mass is 35.5. The minimum atomic E-state index is -1.26. The second-order valence-electron chi connectivity index (χ2n) is 6.05. The lowest BCUT2D eigenvalue weighted by atomic mass is 10.0. The topological polar surface area (TPSA) is 91.6 Å². The summed E-state index contributed by atoms with van der Waals surface area (Å²) in [6.45, 7) is 3.34. The van der Waals surface area contributed by atoms with E-state index in [1.807, 2.05) is 0 Å². The Hall–Kier alpha value is -2.31. The van der Waals surface area contributed by atoms with Crippen LogP contribution in [-0.4, -0.2) is 39.8 Å². The standard InChI is InChI=1S/C14H15ClN2.C4H4O4/c15-10-7-9-3-6-17-13-2-5-16-4-1-11(13)12(8-10)14(9)17;5-3(6)1-2-4(7)8/h7-8,16H,1-6H2;1-2H,(H,5,6)(H,7,8)/b;2-1-. The first-order valence-electron chi connectivity index (χ1n) is 8.14. The quantitative estimate of drug-likeness (QED) is 0.713. The van der Waals surface area contributed by atoms with E-state index < -0.39 is 11.9 Å². The Morgan fingerprint density at radius 3 is 2.44 bits per heavy atom. The molecular weight excluding hydrogens is 344 g/mol. The van der Waals surface area contributed by atoms with Crippen LogP contribution < -0.4 is 5.32 Å². The number of carboxylic acid groups (broad SMARTS) is 2. The van der Waals surface area contributed by atoms with Gasteiger partial charge in [0.1, 0.15) is 0 Å². The molecule has 132 valence electrons. The van der Waals surface area contributed by atoms with Crippen LogP contribution in [0.4, 0.5) is 0 Å². The van der Waals surface area contributed by atoms with Gasteiger partial charge < -0.3 is 20.1 Å². The Kier molecular flexibility index (Phi) is 5.11. The van der Waals surface area contributed by atoms with Crippen molar-refractivity contribution in [2.75, 3.05) is 13.1 Å². The third-order valence-electron chi connectivity index (χ3n) is 4.49. The second-order valence-corrected chi connectivity index (χ2v) is 6.48. The number of hydrogen-bond acceptors (Lipinski definition) is 3. The number of benzene rings is 1. The molecule has 2 aliphatic heterocycles. The fraction of sp³-hybridized carbons (Fsp3) is 0.333. The summed E-state index contributed by atoms with van der Waals surface area (Å²) in [4.78, 5) is 19.1. The van der Waals surface area contributed by atoms with Crippen molar-refractivity contribution in [1.82, 2.24) is 9.88 Å². The van der Waals surface area contributed by atoms with E-state index >= 15 is 0 Å². The average Bonchev–Trinajstić information content (AvgIpc) is 2.98. The molecule has 0 saturated heterocycles. The summed E-state index contributed by atoms with van der Waals surface area (Å²) in [5, 5.41) is 21.4. The van der Waals surface area contributed by atoms with Crippen molar-refractivity contribution in [2.45, 2.75) is 25.8 Å². The molecule has 25 heavy (non-hydrogen) atoms. The van der Waals surface area contributed by atoms with E-state index in [1.165, 1.54) is 22.0 Å². The Labute approximate surface area is 149 Å². The number of carbonyl (C=O) groups is 2. The molecule has 2 aromatic rings. The van der Waals surface area contributed by atoms with Gasteiger partial charge in [-0.3, -0.25) is 0 Å². The van der Waals surface area contributed by atoms with Crippen LogP contribution in [0.2, 0.25) is 5.02 Å². The highest BCUT2D eigenvalue weighted by Gasteiger charge is 2.24. The molecule has 2 aliphatic rings. The number of nitrogens with one attached hydrogen (secondary N) is 1. The van der Waals surface area contributed by atoms with Crippen molar-refractivity contribution in [1.29, 1.82) is 0 Å². The van der Waals surface area contributed by atoms with Gasteiger partial charge in [-0.2, -0.15) is 0 Å². The lowest BCUT2D eigenvalue weighted by molar-refractivity contribution is -0.134. The maximum absolute atomic E-state index is 9.55. The highest BCUT2D eigenvalue weighted by molar-refractivity contribution is 6.31. The minimum Gasteiger partial charge on any atom is -0.478 e. The second kappa shape index (κ2) is 7.29. The zero-order valence-electron chi connectivity index (χ0n) is 13.6. The van der Waals surface area contributed by atoms with Crippen molar-refractivity contribution >= 4 is 34.4 Å². The molecule has 1 aromatic heterocycles. The van der Waals surface area contributed by atoms with Crippen LogP contribution in [0.1, 0.15) is 16.8 Å². The maximum Gasteiger partial charge on any atom is 0.328 e. The molecule has 0 amide bonds. The predicted molar refractivity (Wildman–Crippen MR) is 95.3 cm³/mol. The Morgan fingerprint density at radius 2 is 1.76 bits per heavy atom. The molecule has 0 fully saturated rings. The number of aliphatic carboxylic acids is 2. The van der Waals surface area contributed by atoms with Gasteiger partial charge in [0.25, 0.3) is 0 Å². The van der Waals surface area contributed by atoms with Crippen LogP contribution in [0.15, 0.2) is 24.3 Å². The normalized spacial score (nSPS) is 15.6. The van der Waals surface area contributed by atoms with Crippen LogP contribution in [0.25, 0.3) is 10.9 Å². The molecule has 7 heteroatoms. The first-order valence-corrected chi connectivity index (χ1v) is 8.52. The highest BCUT2D eigenvalue weighted by Crippen LogP contribution is 2.36. The number of fused-ring (bicyclic) bond motifs is 3. The smallest absolute Gasteiger partial charge is 0.328 e. The van der Waals surface area contributed by atoms with Crippen molar-refractivity contribution < 1.29 is 19.8 Å². The van der Waals surface area contributed by atoms with Gasteiger partial charge in [-0.15, -0.1) is 0 Å². The number of nitrogens with zero attached hydrogens (tertiary/aromatic N) is 1. The molecule has 0 unspecified atom stereocenters. The lowest BCUT2D eigenvalue weighted by Crippen LogP contribution is -2.17. The van der Waals surface area contributed by atoms with Gasteiger partial charge in [0.05, 0.1) is 5.52 Å². The fourth-order valence-corrected chi connectivity index (χ4v) is 3.82. The molecular formula is C18H19ClN2O4. The first-order chi connectivity index (χ1) is 12.0. The summed E-state index contributed by atoms with van der Waals surface area (Å²) in [6.07, 6.45) is 4.55. The molecule has 3 N–H and O–H groups in total. The summed E-state index contributed by atoms with van der Waals surface area (Å²) in [7, 11) is 0. The largest absolute Gasteiger partial charge is 0.478 e. The lowest BCUT2D eigenvalue weighted by Gasteiger charge is -2.05. The molecule has 0 radical (unpaired) electrons. The first kappa shape index (κ1) is 17.5. The zero-order chi connectivity index (χ0) is 18.0. The van der Waals surface area contributed by atoms with Crippen LogP contribution in [0, 0.1) is 0 Å². The van der Waals surface area contributed by atoms with E-state index in [-0.39, 0.29) is 0 Å². The van der Waals surface area contributed by atoms with Gasteiger partial charge in [-0.1, -0.05) is 11.6 Å². The van der Waals surface area contributed by atoms with Crippen LogP contribution in [0.3, 0.4) is 0 Å². The van der Waals surface area contributed by atoms with E-state index in [2.05, 4.69) is 22.0 Å². The number of carboxylic acids is 2. The van der Waals surface area contributed by atoms with Gasteiger partial charge >= 0.3 is 11.9 Å². The Bertz CT molecular complexity index is 854. The fourth-order valence-electron chi connectivity index (χ4n) is 3.58. The van der Waals surface area contributed by atoms with Crippen molar-refractivity contribution in [2.24, 2.45) is 0 Å². The predicted octanol–water partition coefficient (Wildman–Crippen LogP) is 2.25. The van der Waals surface area contributed by atoms with Crippen molar-refractivity contribution in [3.63, 3.8) is 0 Å². The van der Waals surface area contributed by atoms with Gasteiger partial charge in [-0.25, -0.2) is 9.59 Å². The molecule has 0 spiro atoms. The Balaban J connectivity index is 0.000000197. The summed E-state index contributed by atoms with van der Waals surface area (Å²) in [6, 6.07) is 4.30. The number of aromatic nitrogens is 1. The van der Waals surface area contributed by atoms with Crippen LogP contribution in [-0.2, 0) is 35.4 Å². The number of rotatable bonds is 2. The summed E-state index contributed by atoms with van der Waals surface area (Å²) in [5.74, 6) is -2.51. The van der Waals surface area contributed by atoms with E-state index in [0.29, 0.717) is 12.2 Å². The monoisotopic (exact) mass is 362 g/mol. The van der Waals surface area contributed by atoms with Crippen LogP contribution in [0.5, 0.6) is 0 Å². The third-order valence-corrected chi connectivity index (χ3v) is 4.70. The number of halogens is 1. The molecule has 0 aliphatic carbocycles. The minimum absolute atomic E-state index is 0.558. The molecule has 0 saturated carbocycles.